The van der Waals surface area contributed by atoms with Crippen LogP contribution in [0.3, 0.4) is 0 Å². The Morgan fingerprint density at radius 3 is 2.44 bits per heavy atom. The molecule has 0 aliphatic heterocycles. The zero-order valence-electron chi connectivity index (χ0n) is 9.30. The summed E-state index contributed by atoms with van der Waals surface area (Å²) in [4.78, 5) is 0. The lowest BCUT2D eigenvalue weighted by Crippen LogP contribution is -2.28. The van der Waals surface area contributed by atoms with E-state index < -0.39 is 6.10 Å². The van der Waals surface area contributed by atoms with Crippen LogP contribution >= 0.6 is 34.5 Å². The van der Waals surface area contributed by atoms with Gasteiger partial charge < -0.3 is 5.11 Å². The van der Waals surface area contributed by atoms with Crippen LogP contribution in [0.4, 0.5) is 0 Å². The number of aliphatic hydroxyl groups is 1. The van der Waals surface area contributed by atoms with E-state index in [1.807, 2.05) is 0 Å². The number of hydrogen-bond donors (Lipinski definition) is 1. The molecule has 90 valence electrons. The van der Waals surface area contributed by atoms with Crippen molar-refractivity contribution in [2.75, 3.05) is 0 Å². The quantitative estimate of drug-likeness (QED) is 0.802. The van der Waals surface area contributed by atoms with E-state index in [0.717, 1.165) is 18.4 Å². The molecule has 0 spiro atoms. The minimum absolute atomic E-state index is 0.0354. The molecule has 0 bridgehead atoms. The van der Waals surface area contributed by atoms with Gasteiger partial charge in [0, 0.05) is 5.56 Å². The highest BCUT2D eigenvalue weighted by Gasteiger charge is 2.36. The van der Waals surface area contributed by atoms with E-state index in [-0.39, 0.29) is 5.41 Å². The van der Waals surface area contributed by atoms with Crippen molar-refractivity contribution >= 4 is 34.5 Å². The minimum Gasteiger partial charge on any atom is -0.388 e. The lowest BCUT2D eigenvalue weighted by atomic mass is 9.70. The second-order valence-electron chi connectivity index (χ2n) is 4.90. The Balaban J connectivity index is 2.23. The van der Waals surface area contributed by atoms with Gasteiger partial charge in [0.25, 0.3) is 0 Å². The van der Waals surface area contributed by atoms with E-state index >= 15 is 0 Å². The molecule has 0 aromatic carbocycles. The van der Waals surface area contributed by atoms with Crippen molar-refractivity contribution in [3.05, 3.63) is 20.3 Å². The number of halogens is 2. The first-order valence-electron chi connectivity index (χ1n) is 5.66. The molecule has 2 rings (SSSR count). The fourth-order valence-corrected chi connectivity index (χ4v) is 4.07. The fraction of sp³-hybridized carbons (Fsp3) is 0.667. The van der Waals surface area contributed by atoms with Gasteiger partial charge in [-0.15, -0.1) is 11.3 Å². The van der Waals surface area contributed by atoms with Crippen LogP contribution in [-0.2, 0) is 0 Å². The zero-order valence-corrected chi connectivity index (χ0v) is 11.6. The van der Waals surface area contributed by atoms with Crippen LogP contribution in [0.1, 0.15) is 50.7 Å². The number of rotatable bonds is 2. The molecule has 1 aromatic heterocycles. The van der Waals surface area contributed by atoms with Crippen LogP contribution in [0.15, 0.2) is 6.07 Å². The standard InChI is InChI=1S/C12H16Cl2OS/c1-12(5-3-2-4-6-12)10(15)8-7-9(13)16-11(8)14/h7,10,15H,2-6H2,1H3. The fourth-order valence-electron chi connectivity index (χ4n) is 2.55. The molecule has 0 radical (unpaired) electrons. The third-order valence-corrected chi connectivity index (χ3v) is 5.15. The first-order chi connectivity index (χ1) is 7.53. The molecule has 1 unspecified atom stereocenters. The van der Waals surface area contributed by atoms with E-state index in [9.17, 15) is 5.11 Å². The van der Waals surface area contributed by atoms with Gasteiger partial charge in [0.15, 0.2) is 0 Å². The molecule has 0 amide bonds. The number of hydrogen-bond acceptors (Lipinski definition) is 2. The van der Waals surface area contributed by atoms with Gasteiger partial charge >= 0.3 is 0 Å². The maximum atomic E-state index is 10.5. The predicted molar refractivity (Wildman–Crippen MR) is 70.5 cm³/mol. The predicted octanol–water partition coefficient (Wildman–Crippen LogP) is 5.06. The summed E-state index contributed by atoms with van der Waals surface area (Å²) in [6, 6.07) is 1.80. The Kier molecular flexibility index (Phi) is 3.85. The lowest BCUT2D eigenvalue weighted by Gasteiger charge is -2.37. The largest absolute Gasteiger partial charge is 0.388 e. The smallest absolute Gasteiger partial charge is 0.100 e. The molecule has 1 saturated carbocycles. The highest BCUT2D eigenvalue weighted by Crippen LogP contribution is 2.48. The maximum absolute atomic E-state index is 10.5. The van der Waals surface area contributed by atoms with Crippen LogP contribution < -0.4 is 0 Å². The summed E-state index contributed by atoms with van der Waals surface area (Å²) in [6.07, 6.45) is 5.33. The third-order valence-electron chi connectivity index (χ3n) is 3.63. The van der Waals surface area contributed by atoms with Crippen molar-refractivity contribution in [3.8, 4) is 0 Å². The van der Waals surface area contributed by atoms with Crippen LogP contribution in [0, 0.1) is 5.41 Å². The average molecular weight is 279 g/mol. The summed E-state index contributed by atoms with van der Waals surface area (Å²) in [5, 5.41) is 10.5. The molecule has 1 aliphatic carbocycles. The number of thiophene rings is 1. The van der Waals surface area contributed by atoms with E-state index in [4.69, 9.17) is 23.2 Å². The second kappa shape index (κ2) is 4.85. The molecule has 4 heteroatoms. The van der Waals surface area contributed by atoms with Gasteiger partial charge in [0.1, 0.15) is 4.34 Å². The van der Waals surface area contributed by atoms with E-state index in [1.54, 1.807) is 6.07 Å². The highest BCUT2D eigenvalue weighted by atomic mass is 35.5. The minimum atomic E-state index is -0.482. The molecule has 0 saturated heterocycles. The van der Waals surface area contributed by atoms with Gasteiger partial charge in [-0.25, -0.2) is 0 Å². The first kappa shape index (κ1) is 12.7. The van der Waals surface area contributed by atoms with Gasteiger partial charge in [0.05, 0.1) is 10.4 Å². The molecular weight excluding hydrogens is 263 g/mol. The van der Waals surface area contributed by atoms with Crippen molar-refractivity contribution in [3.63, 3.8) is 0 Å². The van der Waals surface area contributed by atoms with E-state index in [1.165, 1.54) is 30.6 Å². The van der Waals surface area contributed by atoms with Crippen LogP contribution in [-0.4, -0.2) is 5.11 Å². The molecule has 1 aromatic rings. The molecule has 1 nitrogen and oxygen atoms in total. The Bertz CT molecular complexity index is 369. The Labute approximate surface area is 110 Å². The zero-order chi connectivity index (χ0) is 11.8. The second-order valence-corrected chi connectivity index (χ2v) is 7.18. The normalized spacial score (nSPS) is 22.0. The van der Waals surface area contributed by atoms with Crippen molar-refractivity contribution in [2.45, 2.75) is 45.1 Å². The average Bonchev–Trinajstić information content (AvgIpc) is 2.58. The van der Waals surface area contributed by atoms with Gasteiger partial charge in [-0.05, 0) is 24.3 Å². The third kappa shape index (κ3) is 2.40. The van der Waals surface area contributed by atoms with Crippen LogP contribution in [0.2, 0.25) is 8.67 Å². The Hall–Kier alpha value is 0.240. The molecular formula is C12H16Cl2OS. The first-order valence-corrected chi connectivity index (χ1v) is 7.23. The summed E-state index contributed by atoms with van der Waals surface area (Å²) in [7, 11) is 0. The Morgan fingerprint density at radius 2 is 1.94 bits per heavy atom. The number of aliphatic hydroxyl groups excluding tert-OH is 1. The Morgan fingerprint density at radius 1 is 1.31 bits per heavy atom. The lowest BCUT2D eigenvalue weighted by molar-refractivity contribution is 0.00854. The highest BCUT2D eigenvalue weighted by molar-refractivity contribution is 7.20. The monoisotopic (exact) mass is 278 g/mol. The summed E-state index contributed by atoms with van der Waals surface area (Å²) < 4.78 is 1.28. The summed E-state index contributed by atoms with van der Waals surface area (Å²) >= 11 is 13.3. The van der Waals surface area contributed by atoms with Crippen molar-refractivity contribution in [1.82, 2.24) is 0 Å². The molecule has 16 heavy (non-hydrogen) atoms. The van der Waals surface area contributed by atoms with Crippen LogP contribution in [0.5, 0.6) is 0 Å². The van der Waals surface area contributed by atoms with Crippen molar-refractivity contribution in [2.24, 2.45) is 5.41 Å². The van der Waals surface area contributed by atoms with Crippen molar-refractivity contribution in [1.29, 1.82) is 0 Å². The van der Waals surface area contributed by atoms with Gasteiger partial charge in [-0.3, -0.25) is 0 Å². The van der Waals surface area contributed by atoms with Gasteiger partial charge in [-0.2, -0.15) is 0 Å². The van der Waals surface area contributed by atoms with Crippen LogP contribution in [0.25, 0.3) is 0 Å². The molecule has 1 atom stereocenters. The molecule has 1 heterocycles. The molecule has 1 N–H and O–H groups in total. The molecule has 1 fully saturated rings. The SMILES string of the molecule is CC1(C(O)c2cc(Cl)sc2Cl)CCCCC1. The summed E-state index contributed by atoms with van der Waals surface area (Å²) in [6.45, 7) is 2.15. The molecule has 1 aliphatic rings. The summed E-state index contributed by atoms with van der Waals surface area (Å²) in [5.41, 5.74) is 0.771. The van der Waals surface area contributed by atoms with Gasteiger partial charge in [-0.1, -0.05) is 49.4 Å². The van der Waals surface area contributed by atoms with E-state index in [0.29, 0.717) is 8.67 Å². The maximum Gasteiger partial charge on any atom is 0.100 e. The summed E-state index contributed by atoms with van der Waals surface area (Å²) in [5.74, 6) is 0. The van der Waals surface area contributed by atoms with Gasteiger partial charge in [0.2, 0.25) is 0 Å². The van der Waals surface area contributed by atoms with E-state index in [2.05, 4.69) is 6.92 Å². The topological polar surface area (TPSA) is 20.2 Å². The van der Waals surface area contributed by atoms with Crippen molar-refractivity contribution < 1.29 is 5.11 Å².